The van der Waals surface area contributed by atoms with Crippen molar-refractivity contribution in [3.05, 3.63) is 94.5 Å². The number of nitrogens with zero attached hydrogens (tertiary/aromatic N) is 2. The van der Waals surface area contributed by atoms with Crippen molar-refractivity contribution in [2.75, 3.05) is 23.4 Å². The van der Waals surface area contributed by atoms with Gasteiger partial charge in [0.15, 0.2) is 5.11 Å². The number of anilines is 2. The molecule has 1 fully saturated rings. The fourth-order valence-corrected chi connectivity index (χ4v) is 4.80. The van der Waals surface area contributed by atoms with Crippen molar-refractivity contribution < 1.29 is 28.7 Å². The zero-order valence-corrected chi connectivity index (χ0v) is 24.0. The molecule has 11 heteroatoms. The molecule has 0 bridgehead atoms. The van der Waals surface area contributed by atoms with E-state index in [-0.39, 0.29) is 37.2 Å². The average molecular weight is 594 g/mol. The van der Waals surface area contributed by atoms with Crippen molar-refractivity contribution in [2.24, 2.45) is 0 Å². The van der Waals surface area contributed by atoms with Gasteiger partial charge in [0.05, 0.1) is 36.4 Å². The summed E-state index contributed by atoms with van der Waals surface area (Å²) < 4.78 is 10.0. The van der Waals surface area contributed by atoms with Gasteiger partial charge in [-0.25, -0.2) is 9.59 Å². The Morgan fingerprint density at radius 3 is 1.93 bits per heavy atom. The zero-order valence-electron chi connectivity index (χ0n) is 22.5. The van der Waals surface area contributed by atoms with Crippen LogP contribution in [0.5, 0.6) is 0 Å². The molecule has 41 heavy (non-hydrogen) atoms. The Kier molecular flexibility index (Phi) is 9.69. The highest BCUT2D eigenvalue weighted by molar-refractivity contribution is 7.80. The fourth-order valence-electron chi connectivity index (χ4n) is 4.29. The SMILES string of the molecule is CCOC(=O)c1ccc(NC(=O)CC2C(=O)N(c3ccc(C(=O)OCC)cc3)C(=S)N2Cc2ccc(Cl)cc2)cc1. The molecular formula is C30H28ClN3O6S. The average Bonchev–Trinajstić information content (AvgIpc) is 3.18. The topological polar surface area (TPSA) is 105 Å². The van der Waals surface area contributed by atoms with Crippen LogP contribution in [0.25, 0.3) is 0 Å². The number of hydrogen-bond donors (Lipinski definition) is 1. The van der Waals surface area contributed by atoms with Crippen LogP contribution in [0.4, 0.5) is 11.4 Å². The van der Waals surface area contributed by atoms with E-state index in [0.29, 0.717) is 27.5 Å². The maximum absolute atomic E-state index is 13.7. The highest BCUT2D eigenvalue weighted by Crippen LogP contribution is 2.29. The number of hydrogen-bond acceptors (Lipinski definition) is 7. The largest absolute Gasteiger partial charge is 0.462 e. The number of benzene rings is 3. The quantitative estimate of drug-likeness (QED) is 0.252. The lowest BCUT2D eigenvalue weighted by Gasteiger charge is -2.24. The molecule has 9 nitrogen and oxygen atoms in total. The van der Waals surface area contributed by atoms with Gasteiger partial charge in [0.2, 0.25) is 5.91 Å². The number of rotatable bonds is 10. The van der Waals surface area contributed by atoms with Crippen LogP contribution < -0.4 is 10.2 Å². The Hall–Kier alpha value is -4.28. The summed E-state index contributed by atoms with van der Waals surface area (Å²) in [6, 6.07) is 18.9. The van der Waals surface area contributed by atoms with Crippen LogP contribution in [0.2, 0.25) is 5.02 Å². The lowest BCUT2D eigenvalue weighted by Crippen LogP contribution is -2.37. The highest BCUT2D eigenvalue weighted by Gasteiger charge is 2.44. The second kappa shape index (κ2) is 13.4. The molecule has 3 aromatic carbocycles. The predicted octanol–water partition coefficient (Wildman–Crippen LogP) is 5.22. The minimum atomic E-state index is -0.887. The van der Waals surface area contributed by atoms with Gasteiger partial charge < -0.3 is 19.7 Å². The second-order valence-corrected chi connectivity index (χ2v) is 9.85. The van der Waals surface area contributed by atoms with Crippen molar-refractivity contribution in [2.45, 2.75) is 32.9 Å². The number of thiocarbonyl (C=S) groups is 1. The van der Waals surface area contributed by atoms with Gasteiger partial charge in [-0.3, -0.25) is 14.5 Å². The fraction of sp³-hybridized carbons (Fsp3) is 0.233. The molecule has 0 spiro atoms. The summed E-state index contributed by atoms with van der Waals surface area (Å²) in [7, 11) is 0. The first-order valence-electron chi connectivity index (χ1n) is 12.9. The van der Waals surface area contributed by atoms with Crippen LogP contribution in [0.15, 0.2) is 72.8 Å². The molecule has 1 heterocycles. The molecule has 1 aliphatic rings. The van der Waals surface area contributed by atoms with E-state index in [4.69, 9.17) is 33.3 Å². The van der Waals surface area contributed by atoms with Gasteiger partial charge in [0.1, 0.15) is 6.04 Å². The Labute approximate surface area is 248 Å². The standard InChI is InChI=1S/C30H28ClN3O6S/c1-3-39-28(37)20-7-13-23(14-8-20)32-26(35)17-25-27(36)34(24-15-9-21(10-16-24)29(38)40-4-2)30(41)33(25)18-19-5-11-22(31)12-6-19/h5-16,25H,3-4,17-18H2,1-2H3,(H,32,35). The Morgan fingerprint density at radius 2 is 1.39 bits per heavy atom. The molecule has 212 valence electrons. The molecule has 1 aliphatic heterocycles. The lowest BCUT2D eigenvalue weighted by molar-refractivity contribution is -0.124. The molecule has 0 radical (unpaired) electrons. The van der Waals surface area contributed by atoms with Crippen LogP contribution in [-0.4, -0.2) is 53.0 Å². The third kappa shape index (κ3) is 7.08. The summed E-state index contributed by atoms with van der Waals surface area (Å²) in [6.45, 7) is 4.21. The van der Waals surface area contributed by atoms with E-state index in [1.54, 1.807) is 79.4 Å². The van der Waals surface area contributed by atoms with E-state index in [0.717, 1.165) is 5.56 Å². The van der Waals surface area contributed by atoms with Crippen LogP contribution in [-0.2, 0) is 25.6 Å². The molecule has 2 amide bonds. The van der Waals surface area contributed by atoms with Gasteiger partial charge >= 0.3 is 11.9 Å². The molecule has 3 aromatic rings. The van der Waals surface area contributed by atoms with Gasteiger partial charge in [-0.2, -0.15) is 0 Å². The molecule has 4 rings (SSSR count). The summed E-state index contributed by atoms with van der Waals surface area (Å²) in [5.74, 6) is -1.71. The first-order chi connectivity index (χ1) is 19.7. The summed E-state index contributed by atoms with van der Waals surface area (Å²) in [6.07, 6.45) is -0.177. The summed E-state index contributed by atoms with van der Waals surface area (Å²) >= 11 is 11.8. The molecule has 1 atom stereocenters. The van der Waals surface area contributed by atoms with Crippen LogP contribution in [0.3, 0.4) is 0 Å². The van der Waals surface area contributed by atoms with Gasteiger partial charge in [0, 0.05) is 17.3 Å². The number of amides is 2. The van der Waals surface area contributed by atoms with Crippen LogP contribution >= 0.6 is 23.8 Å². The van der Waals surface area contributed by atoms with Crippen molar-refractivity contribution in [3.8, 4) is 0 Å². The molecule has 0 aliphatic carbocycles. The first-order valence-corrected chi connectivity index (χ1v) is 13.7. The first kappa shape index (κ1) is 29.7. The monoisotopic (exact) mass is 593 g/mol. The number of carbonyl (C=O) groups excluding carboxylic acids is 4. The highest BCUT2D eigenvalue weighted by atomic mass is 35.5. The Morgan fingerprint density at radius 1 is 0.854 bits per heavy atom. The lowest BCUT2D eigenvalue weighted by atomic mass is 10.1. The molecular weight excluding hydrogens is 566 g/mol. The number of carbonyl (C=O) groups is 4. The van der Waals surface area contributed by atoms with Crippen LogP contribution in [0.1, 0.15) is 46.5 Å². The van der Waals surface area contributed by atoms with Gasteiger partial charge in [0.25, 0.3) is 5.91 Å². The smallest absolute Gasteiger partial charge is 0.338 e. The van der Waals surface area contributed by atoms with Crippen molar-refractivity contribution >= 4 is 64.1 Å². The molecule has 0 saturated carbocycles. The minimum Gasteiger partial charge on any atom is -0.462 e. The van der Waals surface area contributed by atoms with Gasteiger partial charge in [-0.05, 0) is 92.3 Å². The maximum Gasteiger partial charge on any atom is 0.338 e. The van der Waals surface area contributed by atoms with E-state index in [2.05, 4.69) is 5.32 Å². The number of ether oxygens (including phenoxy) is 2. The summed E-state index contributed by atoms with van der Waals surface area (Å²) in [5, 5.41) is 3.58. The number of halogens is 1. The Balaban J connectivity index is 1.55. The van der Waals surface area contributed by atoms with E-state index in [9.17, 15) is 19.2 Å². The maximum atomic E-state index is 13.7. The Bertz CT molecular complexity index is 1440. The molecule has 0 aromatic heterocycles. The predicted molar refractivity (Wildman–Crippen MR) is 159 cm³/mol. The summed E-state index contributed by atoms with van der Waals surface area (Å²) in [5.41, 5.74) is 2.48. The number of nitrogens with one attached hydrogen (secondary N) is 1. The van der Waals surface area contributed by atoms with Gasteiger partial charge in [-0.1, -0.05) is 23.7 Å². The van der Waals surface area contributed by atoms with E-state index < -0.39 is 23.9 Å². The third-order valence-electron chi connectivity index (χ3n) is 6.28. The van der Waals surface area contributed by atoms with E-state index in [1.165, 1.54) is 4.90 Å². The van der Waals surface area contributed by atoms with Crippen molar-refractivity contribution in [3.63, 3.8) is 0 Å². The minimum absolute atomic E-state index is 0.177. The molecule has 1 saturated heterocycles. The van der Waals surface area contributed by atoms with E-state index >= 15 is 0 Å². The van der Waals surface area contributed by atoms with Crippen molar-refractivity contribution in [1.82, 2.24) is 4.90 Å². The summed E-state index contributed by atoms with van der Waals surface area (Å²) in [4.78, 5) is 53.9. The normalized spacial score (nSPS) is 14.7. The van der Waals surface area contributed by atoms with Crippen LogP contribution in [0, 0.1) is 0 Å². The second-order valence-electron chi connectivity index (χ2n) is 9.04. The zero-order chi connectivity index (χ0) is 29.5. The van der Waals surface area contributed by atoms with E-state index in [1.807, 2.05) is 12.1 Å². The molecule has 1 unspecified atom stereocenters. The number of esters is 2. The molecule has 1 N–H and O–H groups in total. The van der Waals surface area contributed by atoms with Crippen molar-refractivity contribution in [1.29, 1.82) is 0 Å². The third-order valence-corrected chi connectivity index (χ3v) is 6.95. The van der Waals surface area contributed by atoms with Gasteiger partial charge in [-0.15, -0.1) is 0 Å².